The van der Waals surface area contributed by atoms with Crippen molar-refractivity contribution in [3.63, 3.8) is 0 Å². The summed E-state index contributed by atoms with van der Waals surface area (Å²) in [6.45, 7) is 6.15. The van der Waals surface area contributed by atoms with Gasteiger partial charge < -0.3 is 10.4 Å². The zero-order valence-corrected chi connectivity index (χ0v) is 12.1. The van der Waals surface area contributed by atoms with Crippen molar-refractivity contribution in [1.82, 2.24) is 5.32 Å². The zero-order chi connectivity index (χ0) is 14.3. The Bertz CT molecular complexity index is 376. The van der Waals surface area contributed by atoms with Crippen LogP contribution in [0.3, 0.4) is 0 Å². The summed E-state index contributed by atoms with van der Waals surface area (Å²) in [4.78, 5) is 11.2. The smallest absolute Gasteiger partial charge is 0.320 e. The number of hydrogen-bond donors (Lipinski definition) is 2. The van der Waals surface area contributed by atoms with Gasteiger partial charge in [-0.2, -0.15) is 0 Å². The van der Waals surface area contributed by atoms with Crippen LogP contribution < -0.4 is 5.32 Å². The Kier molecular flexibility index (Phi) is 6.57. The second-order valence-electron chi connectivity index (χ2n) is 5.61. The minimum atomic E-state index is -0.750. The predicted molar refractivity (Wildman–Crippen MR) is 78.2 cm³/mol. The Hall–Kier alpha value is -1.35. The van der Waals surface area contributed by atoms with E-state index < -0.39 is 12.0 Å². The molecule has 0 bridgehead atoms. The second-order valence-corrected chi connectivity index (χ2v) is 5.61. The number of carboxylic acid groups (broad SMARTS) is 1. The number of hydrogen-bond acceptors (Lipinski definition) is 2. The monoisotopic (exact) mass is 263 g/mol. The first kappa shape index (κ1) is 15.7. The molecule has 0 heterocycles. The van der Waals surface area contributed by atoms with E-state index in [-0.39, 0.29) is 6.04 Å². The van der Waals surface area contributed by atoms with Gasteiger partial charge >= 0.3 is 5.97 Å². The average molecular weight is 263 g/mol. The number of aryl methyl sites for hydroxylation is 1. The molecule has 1 aromatic rings. The Balaban J connectivity index is 2.40. The summed E-state index contributed by atoms with van der Waals surface area (Å²) in [5.41, 5.74) is 1.30. The molecule has 0 aromatic heterocycles. The minimum absolute atomic E-state index is 0.208. The fourth-order valence-corrected chi connectivity index (χ4v) is 2.17. The van der Waals surface area contributed by atoms with Crippen molar-refractivity contribution < 1.29 is 9.90 Å². The third-order valence-corrected chi connectivity index (χ3v) is 3.20. The highest BCUT2D eigenvalue weighted by Crippen LogP contribution is 2.09. The van der Waals surface area contributed by atoms with E-state index in [2.05, 4.69) is 24.4 Å². The molecule has 0 spiro atoms. The molecule has 2 unspecified atom stereocenters. The van der Waals surface area contributed by atoms with Crippen LogP contribution in [0.25, 0.3) is 0 Å². The van der Waals surface area contributed by atoms with Crippen molar-refractivity contribution in [3.05, 3.63) is 35.9 Å². The van der Waals surface area contributed by atoms with Crippen LogP contribution in [0.4, 0.5) is 0 Å². The van der Waals surface area contributed by atoms with Gasteiger partial charge in [-0.05, 0) is 37.7 Å². The highest BCUT2D eigenvalue weighted by Gasteiger charge is 2.20. The molecule has 0 aliphatic rings. The summed E-state index contributed by atoms with van der Waals surface area (Å²) in [6.07, 6.45) is 2.60. The van der Waals surface area contributed by atoms with Crippen LogP contribution in [0.15, 0.2) is 30.3 Å². The van der Waals surface area contributed by atoms with Crippen LogP contribution in [0, 0.1) is 5.92 Å². The third-order valence-electron chi connectivity index (χ3n) is 3.20. The van der Waals surface area contributed by atoms with Gasteiger partial charge in [0.15, 0.2) is 0 Å². The maximum atomic E-state index is 11.2. The number of aliphatic carboxylic acids is 1. The third kappa shape index (κ3) is 6.39. The van der Waals surface area contributed by atoms with Crippen molar-refractivity contribution in [2.45, 2.75) is 52.1 Å². The van der Waals surface area contributed by atoms with Gasteiger partial charge in [0.25, 0.3) is 0 Å². The maximum absolute atomic E-state index is 11.2. The summed E-state index contributed by atoms with van der Waals surface area (Å²) in [6, 6.07) is 10.1. The normalized spacial score (nSPS) is 14.3. The lowest BCUT2D eigenvalue weighted by Gasteiger charge is -2.21. The van der Waals surface area contributed by atoms with Crippen LogP contribution >= 0.6 is 0 Å². The van der Waals surface area contributed by atoms with Gasteiger partial charge in [-0.1, -0.05) is 44.2 Å². The molecule has 3 heteroatoms. The van der Waals surface area contributed by atoms with Crippen LogP contribution in [0.1, 0.15) is 39.2 Å². The van der Waals surface area contributed by atoms with E-state index in [9.17, 15) is 9.90 Å². The molecule has 0 saturated carbocycles. The zero-order valence-electron chi connectivity index (χ0n) is 12.1. The largest absolute Gasteiger partial charge is 0.480 e. The van der Waals surface area contributed by atoms with Gasteiger partial charge in [0, 0.05) is 6.04 Å². The van der Waals surface area contributed by atoms with Crippen LogP contribution in [0.5, 0.6) is 0 Å². The molecule has 2 atom stereocenters. The topological polar surface area (TPSA) is 49.3 Å². The summed E-state index contributed by atoms with van der Waals surface area (Å²) < 4.78 is 0. The van der Waals surface area contributed by atoms with Crippen molar-refractivity contribution in [2.24, 2.45) is 5.92 Å². The molecule has 0 aliphatic carbocycles. The lowest BCUT2D eigenvalue weighted by Crippen LogP contribution is -2.43. The van der Waals surface area contributed by atoms with Gasteiger partial charge in [0.05, 0.1) is 0 Å². The van der Waals surface area contributed by atoms with Crippen LogP contribution in [-0.4, -0.2) is 23.2 Å². The van der Waals surface area contributed by atoms with E-state index in [1.54, 1.807) is 0 Å². The Morgan fingerprint density at radius 1 is 1.21 bits per heavy atom. The first-order chi connectivity index (χ1) is 8.99. The van der Waals surface area contributed by atoms with Gasteiger partial charge in [-0.25, -0.2) is 0 Å². The molecule has 2 N–H and O–H groups in total. The van der Waals surface area contributed by atoms with Crippen LogP contribution in [-0.2, 0) is 11.2 Å². The SMILES string of the molecule is CC(C)CC(NC(C)CCc1ccccc1)C(=O)O. The Morgan fingerprint density at radius 3 is 2.37 bits per heavy atom. The molecule has 0 aliphatic heterocycles. The number of benzene rings is 1. The van der Waals surface area contributed by atoms with Crippen LogP contribution in [0.2, 0.25) is 0 Å². The van der Waals surface area contributed by atoms with E-state index in [0.29, 0.717) is 12.3 Å². The fraction of sp³-hybridized carbons (Fsp3) is 0.562. The quantitative estimate of drug-likeness (QED) is 0.757. The van der Waals surface area contributed by atoms with E-state index in [1.165, 1.54) is 5.56 Å². The van der Waals surface area contributed by atoms with Gasteiger partial charge in [0.2, 0.25) is 0 Å². The standard InChI is InChI=1S/C16H25NO2/c1-12(2)11-15(16(18)19)17-13(3)9-10-14-7-5-4-6-8-14/h4-8,12-13,15,17H,9-11H2,1-3H3,(H,18,19). The predicted octanol–water partition coefficient (Wildman–Crippen LogP) is 3.10. The molecule has 19 heavy (non-hydrogen) atoms. The highest BCUT2D eigenvalue weighted by molar-refractivity contribution is 5.73. The minimum Gasteiger partial charge on any atom is -0.480 e. The molecular weight excluding hydrogens is 238 g/mol. The van der Waals surface area contributed by atoms with Crippen molar-refractivity contribution in [3.8, 4) is 0 Å². The fourth-order valence-electron chi connectivity index (χ4n) is 2.17. The van der Waals surface area contributed by atoms with E-state index in [0.717, 1.165) is 12.8 Å². The van der Waals surface area contributed by atoms with E-state index >= 15 is 0 Å². The molecule has 0 amide bonds. The molecule has 106 valence electrons. The van der Waals surface area contributed by atoms with E-state index in [4.69, 9.17) is 0 Å². The van der Waals surface area contributed by atoms with Gasteiger partial charge in [-0.15, -0.1) is 0 Å². The average Bonchev–Trinajstić information content (AvgIpc) is 2.36. The number of rotatable bonds is 8. The first-order valence-corrected chi connectivity index (χ1v) is 7.01. The van der Waals surface area contributed by atoms with Crippen molar-refractivity contribution in [1.29, 1.82) is 0 Å². The van der Waals surface area contributed by atoms with Crippen molar-refractivity contribution in [2.75, 3.05) is 0 Å². The lowest BCUT2D eigenvalue weighted by atomic mass is 10.0. The summed E-state index contributed by atoms with van der Waals surface area (Å²) >= 11 is 0. The first-order valence-electron chi connectivity index (χ1n) is 7.01. The Labute approximate surface area is 116 Å². The highest BCUT2D eigenvalue weighted by atomic mass is 16.4. The summed E-state index contributed by atoms with van der Waals surface area (Å²) in [5.74, 6) is -0.366. The molecule has 1 rings (SSSR count). The number of carbonyl (C=O) groups is 1. The molecule has 0 fully saturated rings. The molecular formula is C16H25NO2. The molecule has 1 aromatic carbocycles. The number of carboxylic acids is 1. The number of nitrogens with one attached hydrogen (secondary N) is 1. The second kappa shape index (κ2) is 7.95. The van der Waals surface area contributed by atoms with Crippen molar-refractivity contribution >= 4 is 5.97 Å². The van der Waals surface area contributed by atoms with Gasteiger partial charge in [-0.3, -0.25) is 4.79 Å². The summed E-state index contributed by atoms with van der Waals surface area (Å²) in [7, 11) is 0. The molecule has 0 saturated heterocycles. The molecule has 0 radical (unpaired) electrons. The summed E-state index contributed by atoms with van der Waals surface area (Å²) in [5, 5.41) is 12.4. The van der Waals surface area contributed by atoms with Gasteiger partial charge in [0.1, 0.15) is 6.04 Å². The Morgan fingerprint density at radius 2 is 1.84 bits per heavy atom. The van der Waals surface area contributed by atoms with E-state index in [1.807, 2.05) is 32.0 Å². The lowest BCUT2D eigenvalue weighted by molar-refractivity contribution is -0.140. The maximum Gasteiger partial charge on any atom is 0.320 e. The molecule has 3 nitrogen and oxygen atoms in total.